The largest absolute Gasteiger partial charge is 0.392 e. The van der Waals surface area contributed by atoms with Gasteiger partial charge in [0.15, 0.2) is 0 Å². The van der Waals surface area contributed by atoms with E-state index in [-0.39, 0.29) is 17.2 Å². The normalized spacial score (nSPS) is 31.9. The molecule has 0 radical (unpaired) electrons. The highest BCUT2D eigenvalue weighted by Gasteiger charge is 2.32. The molecule has 1 aliphatic rings. The molecule has 1 saturated heterocycles. The molecule has 0 aromatic heterocycles. The van der Waals surface area contributed by atoms with Crippen LogP contribution in [0.1, 0.15) is 19.8 Å². The molecule has 0 aromatic carbocycles. The number of alkyl halides is 1. The van der Waals surface area contributed by atoms with E-state index in [1.165, 1.54) is 4.31 Å². The molecule has 1 N–H and O–H groups in total. The summed E-state index contributed by atoms with van der Waals surface area (Å²) >= 11 is 2.94. The van der Waals surface area contributed by atoms with Crippen molar-refractivity contribution in [3.05, 3.63) is 0 Å². The van der Waals surface area contributed by atoms with Crippen LogP contribution in [0.5, 0.6) is 0 Å². The van der Waals surface area contributed by atoms with Crippen LogP contribution in [0.25, 0.3) is 0 Å². The molecule has 1 fully saturated rings. The Morgan fingerprint density at radius 3 is 2.69 bits per heavy atom. The number of hydrogen-bond donors (Lipinski definition) is 1. The first-order valence-electron chi connectivity index (χ1n) is 4.21. The lowest BCUT2D eigenvalue weighted by molar-refractivity contribution is 0.0859. The Hall–Kier alpha value is 0.350. The summed E-state index contributed by atoms with van der Waals surface area (Å²) in [4.78, 5) is 0. The number of aliphatic hydroxyl groups excluding tert-OH is 1. The van der Waals surface area contributed by atoms with Crippen LogP contribution in [0.2, 0.25) is 0 Å². The first-order valence-corrected chi connectivity index (χ1v) is 6.94. The highest BCUT2D eigenvalue weighted by atomic mass is 79.9. The molecule has 78 valence electrons. The maximum atomic E-state index is 11.5. The van der Waals surface area contributed by atoms with Crippen molar-refractivity contribution in [3.8, 4) is 0 Å². The lowest BCUT2D eigenvalue weighted by atomic mass is 10.0. The van der Waals surface area contributed by atoms with Gasteiger partial charge in [0.1, 0.15) is 4.66 Å². The van der Waals surface area contributed by atoms with Gasteiger partial charge in [-0.25, -0.2) is 8.42 Å². The Kier molecular flexibility index (Phi) is 3.73. The van der Waals surface area contributed by atoms with Crippen LogP contribution < -0.4 is 0 Å². The zero-order valence-electron chi connectivity index (χ0n) is 7.48. The van der Waals surface area contributed by atoms with Gasteiger partial charge in [0, 0.05) is 12.6 Å². The first-order chi connectivity index (χ1) is 5.97. The molecule has 2 atom stereocenters. The van der Waals surface area contributed by atoms with Gasteiger partial charge in [-0.1, -0.05) is 15.9 Å². The van der Waals surface area contributed by atoms with Crippen LogP contribution in [0.3, 0.4) is 0 Å². The van der Waals surface area contributed by atoms with E-state index in [2.05, 4.69) is 15.9 Å². The molecule has 0 spiro atoms. The van der Waals surface area contributed by atoms with Gasteiger partial charge >= 0.3 is 0 Å². The molecule has 2 unspecified atom stereocenters. The summed E-state index contributed by atoms with van der Waals surface area (Å²) < 4.78 is 24.3. The van der Waals surface area contributed by atoms with Crippen LogP contribution in [0, 0.1) is 0 Å². The van der Waals surface area contributed by atoms with Crippen LogP contribution in [-0.2, 0) is 10.0 Å². The molecule has 0 saturated carbocycles. The molecule has 6 heteroatoms. The van der Waals surface area contributed by atoms with Gasteiger partial charge < -0.3 is 5.11 Å². The molecular formula is C7H14BrNO3S. The molecular weight excluding hydrogens is 258 g/mol. The topological polar surface area (TPSA) is 57.6 Å². The van der Waals surface area contributed by atoms with E-state index in [4.69, 9.17) is 0 Å². The van der Waals surface area contributed by atoms with Gasteiger partial charge in [0.2, 0.25) is 10.0 Å². The van der Waals surface area contributed by atoms with Gasteiger partial charge in [-0.15, -0.1) is 0 Å². The fourth-order valence-corrected chi connectivity index (χ4v) is 3.47. The third kappa shape index (κ3) is 2.65. The summed E-state index contributed by atoms with van der Waals surface area (Å²) in [5.41, 5.74) is 0. The summed E-state index contributed by atoms with van der Waals surface area (Å²) in [7, 11) is -3.21. The van der Waals surface area contributed by atoms with Crippen LogP contribution in [-0.4, -0.2) is 41.2 Å². The molecule has 4 nitrogen and oxygen atoms in total. The van der Waals surface area contributed by atoms with Crippen LogP contribution >= 0.6 is 15.9 Å². The second kappa shape index (κ2) is 4.25. The molecule has 0 bridgehead atoms. The SMILES string of the molecule is CC1CCC(O)CN1S(=O)(=O)CBr. The smallest absolute Gasteiger partial charge is 0.224 e. The molecule has 0 amide bonds. The molecule has 0 aliphatic carbocycles. The Morgan fingerprint density at radius 2 is 2.15 bits per heavy atom. The maximum absolute atomic E-state index is 11.5. The minimum absolute atomic E-state index is 0.00551. The number of β-amino-alcohol motifs (C(OH)–C–C–N with tert-alkyl or cyclic N) is 1. The number of piperidine rings is 1. The van der Waals surface area contributed by atoms with Crippen molar-refractivity contribution in [2.45, 2.75) is 31.9 Å². The van der Waals surface area contributed by atoms with Crippen molar-refractivity contribution in [3.63, 3.8) is 0 Å². The number of rotatable bonds is 2. The van der Waals surface area contributed by atoms with E-state index in [0.29, 0.717) is 6.42 Å². The molecule has 1 heterocycles. The number of nitrogens with zero attached hydrogens (tertiary/aromatic N) is 1. The third-order valence-corrected chi connectivity index (χ3v) is 5.53. The summed E-state index contributed by atoms with van der Waals surface area (Å²) in [6.45, 7) is 2.10. The second-order valence-electron chi connectivity index (χ2n) is 3.37. The van der Waals surface area contributed by atoms with E-state index in [1.807, 2.05) is 6.92 Å². The van der Waals surface area contributed by atoms with Gasteiger partial charge in [0.25, 0.3) is 0 Å². The van der Waals surface area contributed by atoms with E-state index >= 15 is 0 Å². The van der Waals surface area contributed by atoms with Crippen molar-refractivity contribution >= 4 is 26.0 Å². The summed E-state index contributed by atoms with van der Waals surface area (Å²) in [6.07, 6.45) is 0.910. The predicted octanol–water partition coefficient (Wildman–Crippen LogP) is 0.514. The average molecular weight is 272 g/mol. The van der Waals surface area contributed by atoms with Crippen LogP contribution in [0.15, 0.2) is 0 Å². The lowest BCUT2D eigenvalue weighted by Gasteiger charge is -2.34. The van der Waals surface area contributed by atoms with E-state index in [9.17, 15) is 13.5 Å². The first kappa shape index (κ1) is 11.4. The average Bonchev–Trinajstić information content (AvgIpc) is 2.09. The number of halogens is 1. The second-order valence-corrected chi connectivity index (χ2v) is 6.60. The number of aliphatic hydroxyl groups is 1. The third-order valence-electron chi connectivity index (χ3n) is 2.30. The number of hydrogen-bond acceptors (Lipinski definition) is 3. The summed E-state index contributed by atoms with van der Waals surface area (Å²) in [5, 5.41) is 9.33. The van der Waals surface area contributed by atoms with Gasteiger partial charge in [-0.3, -0.25) is 0 Å². The monoisotopic (exact) mass is 271 g/mol. The van der Waals surface area contributed by atoms with Crippen molar-refractivity contribution in [2.24, 2.45) is 0 Å². The van der Waals surface area contributed by atoms with E-state index in [0.717, 1.165) is 6.42 Å². The lowest BCUT2D eigenvalue weighted by Crippen LogP contribution is -2.47. The fourth-order valence-electron chi connectivity index (χ4n) is 1.51. The van der Waals surface area contributed by atoms with Gasteiger partial charge in [-0.2, -0.15) is 4.31 Å². The minimum atomic E-state index is -3.21. The Balaban J connectivity index is 2.77. The van der Waals surface area contributed by atoms with Crippen LogP contribution in [0.4, 0.5) is 0 Å². The van der Waals surface area contributed by atoms with E-state index < -0.39 is 16.1 Å². The fraction of sp³-hybridized carbons (Fsp3) is 1.00. The minimum Gasteiger partial charge on any atom is -0.392 e. The molecule has 1 rings (SSSR count). The summed E-state index contributed by atoms with van der Waals surface area (Å²) in [6, 6.07) is 0.00551. The zero-order chi connectivity index (χ0) is 10.1. The van der Waals surface area contributed by atoms with Crippen molar-refractivity contribution in [2.75, 3.05) is 11.2 Å². The zero-order valence-corrected chi connectivity index (χ0v) is 9.88. The van der Waals surface area contributed by atoms with Crippen molar-refractivity contribution < 1.29 is 13.5 Å². The maximum Gasteiger partial charge on any atom is 0.224 e. The van der Waals surface area contributed by atoms with Crippen molar-refractivity contribution in [1.29, 1.82) is 0 Å². The Bertz CT molecular complexity index is 267. The predicted molar refractivity (Wildman–Crippen MR) is 54.1 cm³/mol. The highest BCUT2D eigenvalue weighted by Crippen LogP contribution is 2.21. The molecule has 13 heavy (non-hydrogen) atoms. The summed E-state index contributed by atoms with van der Waals surface area (Å²) in [5.74, 6) is 0. The quantitative estimate of drug-likeness (QED) is 0.745. The number of sulfonamides is 1. The van der Waals surface area contributed by atoms with Crippen molar-refractivity contribution in [1.82, 2.24) is 4.31 Å². The Labute approximate surface area is 87.1 Å². The van der Waals surface area contributed by atoms with Gasteiger partial charge in [-0.05, 0) is 19.8 Å². The van der Waals surface area contributed by atoms with E-state index in [1.54, 1.807) is 0 Å². The van der Waals surface area contributed by atoms with Gasteiger partial charge in [0.05, 0.1) is 6.10 Å². The molecule has 0 aromatic rings. The molecule has 1 aliphatic heterocycles. The highest BCUT2D eigenvalue weighted by molar-refractivity contribution is 9.10. The standard InChI is InChI=1S/C7H14BrNO3S/c1-6-2-3-7(10)4-9(6)13(11,12)5-8/h6-7,10H,2-5H2,1H3. The Morgan fingerprint density at radius 1 is 1.54 bits per heavy atom.